The Morgan fingerprint density at radius 1 is 1.08 bits per heavy atom. The summed E-state index contributed by atoms with van der Waals surface area (Å²) >= 11 is 0. The molecule has 6 nitrogen and oxygen atoms in total. The number of benzene rings is 2. The van der Waals surface area contributed by atoms with Gasteiger partial charge < -0.3 is 15.4 Å². The van der Waals surface area contributed by atoms with Crippen molar-refractivity contribution in [3.05, 3.63) is 59.9 Å². The summed E-state index contributed by atoms with van der Waals surface area (Å²) in [5.74, 6) is -0.318. The molecular weight excluding hydrogens is 325 g/mol. The first-order valence-electron chi connectivity index (χ1n) is 7.79. The first-order chi connectivity index (χ1) is 12.0. The minimum absolute atomic E-state index is 0.287. The van der Waals surface area contributed by atoms with E-state index in [9.17, 15) is 14.0 Å². The van der Waals surface area contributed by atoms with Gasteiger partial charge in [0.15, 0.2) is 0 Å². The zero-order valence-electron chi connectivity index (χ0n) is 14.1. The molecule has 0 aliphatic rings. The van der Waals surface area contributed by atoms with Gasteiger partial charge >= 0.3 is 12.1 Å². The Morgan fingerprint density at radius 2 is 1.72 bits per heavy atom. The molecule has 0 aliphatic heterocycles. The molecule has 0 fully saturated rings. The lowest BCUT2D eigenvalue weighted by atomic mass is 10.2. The van der Waals surface area contributed by atoms with Gasteiger partial charge in [-0.1, -0.05) is 12.1 Å². The first-order valence-corrected chi connectivity index (χ1v) is 7.79. The number of hydrogen-bond donors (Lipinski definition) is 2. The standard InChI is InChI=1S/C18H20FN3O3/c1-3-25-18(24)22(2)16-10-8-15(9-11-16)21-17(23)20-12-13-4-6-14(19)7-5-13/h4-11H,3,12H2,1-2H3,(H2,20,21,23). The number of rotatable bonds is 5. The van der Waals surface area contributed by atoms with Gasteiger partial charge in [-0.05, 0) is 48.9 Å². The molecule has 2 aromatic carbocycles. The number of halogens is 1. The molecule has 0 heterocycles. The summed E-state index contributed by atoms with van der Waals surface area (Å²) in [7, 11) is 1.61. The van der Waals surface area contributed by atoms with Gasteiger partial charge in [0.1, 0.15) is 5.82 Å². The van der Waals surface area contributed by atoms with E-state index >= 15 is 0 Å². The molecule has 0 spiro atoms. The molecule has 0 aromatic heterocycles. The number of nitrogens with zero attached hydrogens (tertiary/aromatic N) is 1. The maximum absolute atomic E-state index is 12.8. The van der Waals surface area contributed by atoms with Gasteiger partial charge in [0.25, 0.3) is 0 Å². The lowest BCUT2D eigenvalue weighted by Gasteiger charge is -2.17. The molecule has 0 saturated heterocycles. The van der Waals surface area contributed by atoms with Crippen LogP contribution in [0.25, 0.3) is 0 Å². The molecule has 0 radical (unpaired) electrons. The summed E-state index contributed by atoms with van der Waals surface area (Å²) in [6, 6.07) is 12.3. The monoisotopic (exact) mass is 345 g/mol. The van der Waals surface area contributed by atoms with Crippen molar-refractivity contribution in [2.75, 3.05) is 23.9 Å². The van der Waals surface area contributed by atoms with E-state index < -0.39 is 6.09 Å². The number of carbonyl (C=O) groups is 2. The Balaban J connectivity index is 1.86. The summed E-state index contributed by atoms with van der Waals surface area (Å²) in [6.07, 6.45) is -0.444. The van der Waals surface area contributed by atoms with Crippen LogP contribution >= 0.6 is 0 Å². The van der Waals surface area contributed by atoms with Gasteiger partial charge in [-0.25, -0.2) is 14.0 Å². The van der Waals surface area contributed by atoms with Gasteiger partial charge in [0, 0.05) is 25.0 Å². The molecule has 25 heavy (non-hydrogen) atoms. The van der Waals surface area contributed by atoms with Gasteiger partial charge in [-0.15, -0.1) is 0 Å². The van der Waals surface area contributed by atoms with Crippen LogP contribution in [0.5, 0.6) is 0 Å². The highest BCUT2D eigenvalue weighted by Crippen LogP contribution is 2.17. The second-order valence-electron chi connectivity index (χ2n) is 5.24. The molecule has 2 rings (SSSR count). The summed E-state index contributed by atoms with van der Waals surface area (Å²) < 4.78 is 17.7. The van der Waals surface area contributed by atoms with Crippen molar-refractivity contribution in [3.63, 3.8) is 0 Å². The van der Waals surface area contributed by atoms with Crippen LogP contribution in [0.1, 0.15) is 12.5 Å². The van der Waals surface area contributed by atoms with E-state index in [1.165, 1.54) is 17.0 Å². The van der Waals surface area contributed by atoms with E-state index in [0.717, 1.165) is 5.56 Å². The van der Waals surface area contributed by atoms with Crippen LogP contribution in [0.3, 0.4) is 0 Å². The first kappa shape index (κ1) is 18.3. The van der Waals surface area contributed by atoms with Crippen molar-refractivity contribution < 1.29 is 18.7 Å². The van der Waals surface area contributed by atoms with E-state index in [1.807, 2.05) is 0 Å². The minimum atomic E-state index is -0.444. The fraction of sp³-hybridized carbons (Fsp3) is 0.222. The van der Waals surface area contributed by atoms with Gasteiger partial charge in [0.2, 0.25) is 0 Å². The maximum atomic E-state index is 12.8. The van der Waals surface area contributed by atoms with E-state index in [-0.39, 0.29) is 18.4 Å². The minimum Gasteiger partial charge on any atom is -0.449 e. The van der Waals surface area contributed by atoms with Gasteiger partial charge in [-0.2, -0.15) is 0 Å². The maximum Gasteiger partial charge on any atom is 0.413 e. The lowest BCUT2D eigenvalue weighted by Crippen LogP contribution is -2.28. The summed E-state index contributed by atoms with van der Waals surface area (Å²) in [5, 5.41) is 5.37. The van der Waals surface area contributed by atoms with Crippen molar-refractivity contribution in [3.8, 4) is 0 Å². The van der Waals surface area contributed by atoms with Crippen molar-refractivity contribution in [1.82, 2.24) is 5.32 Å². The summed E-state index contributed by atoms with van der Waals surface area (Å²) in [4.78, 5) is 24.9. The van der Waals surface area contributed by atoms with Crippen LogP contribution < -0.4 is 15.5 Å². The highest BCUT2D eigenvalue weighted by Gasteiger charge is 2.11. The van der Waals surface area contributed by atoms with Crippen molar-refractivity contribution in [1.29, 1.82) is 0 Å². The third kappa shape index (κ3) is 5.49. The molecule has 132 valence electrons. The molecule has 0 saturated carbocycles. The molecule has 0 atom stereocenters. The Bertz CT molecular complexity index is 717. The van der Waals surface area contributed by atoms with Crippen molar-refractivity contribution >= 4 is 23.5 Å². The molecule has 3 amide bonds. The number of amides is 3. The molecule has 2 N–H and O–H groups in total. The fourth-order valence-corrected chi connectivity index (χ4v) is 2.05. The summed E-state index contributed by atoms with van der Waals surface area (Å²) in [6.45, 7) is 2.33. The normalized spacial score (nSPS) is 10.0. The number of hydrogen-bond acceptors (Lipinski definition) is 3. The van der Waals surface area contributed by atoms with Gasteiger partial charge in [-0.3, -0.25) is 4.90 Å². The third-order valence-corrected chi connectivity index (χ3v) is 3.42. The Morgan fingerprint density at radius 3 is 2.32 bits per heavy atom. The van der Waals surface area contributed by atoms with Gasteiger partial charge in [0.05, 0.1) is 6.61 Å². The average Bonchev–Trinajstić information content (AvgIpc) is 2.61. The SMILES string of the molecule is CCOC(=O)N(C)c1ccc(NC(=O)NCc2ccc(F)cc2)cc1. The Hall–Kier alpha value is -3.09. The molecular formula is C18H20FN3O3. The van der Waals surface area contributed by atoms with E-state index in [1.54, 1.807) is 50.4 Å². The molecule has 0 bridgehead atoms. The second kappa shape index (κ2) is 8.68. The van der Waals surface area contributed by atoms with Crippen LogP contribution in [-0.2, 0) is 11.3 Å². The molecule has 0 unspecified atom stereocenters. The predicted molar refractivity (Wildman–Crippen MR) is 94.1 cm³/mol. The smallest absolute Gasteiger partial charge is 0.413 e. The topological polar surface area (TPSA) is 70.7 Å². The summed E-state index contributed by atoms with van der Waals surface area (Å²) in [5.41, 5.74) is 2.02. The van der Waals surface area contributed by atoms with Crippen molar-refractivity contribution in [2.24, 2.45) is 0 Å². The van der Waals surface area contributed by atoms with E-state index in [2.05, 4.69) is 10.6 Å². The van der Waals surface area contributed by atoms with Crippen LogP contribution in [0, 0.1) is 5.82 Å². The average molecular weight is 345 g/mol. The number of nitrogens with one attached hydrogen (secondary N) is 2. The highest BCUT2D eigenvalue weighted by atomic mass is 19.1. The number of anilines is 2. The zero-order valence-corrected chi connectivity index (χ0v) is 14.1. The Kier molecular flexibility index (Phi) is 6.33. The molecule has 0 aliphatic carbocycles. The van der Waals surface area contributed by atoms with Crippen molar-refractivity contribution in [2.45, 2.75) is 13.5 Å². The lowest BCUT2D eigenvalue weighted by molar-refractivity contribution is 0.161. The van der Waals surface area contributed by atoms with E-state index in [4.69, 9.17) is 4.74 Å². The quantitative estimate of drug-likeness (QED) is 0.867. The largest absolute Gasteiger partial charge is 0.449 e. The number of carbonyl (C=O) groups excluding carboxylic acids is 2. The van der Waals surface area contributed by atoms with Crippen LogP contribution in [0.4, 0.5) is 25.4 Å². The number of urea groups is 1. The highest BCUT2D eigenvalue weighted by molar-refractivity contribution is 5.90. The molecule has 7 heteroatoms. The Labute approximate surface area is 145 Å². The van der Waals surface area contributed by atoms with Crippen LogP contribution in [-0.4, -0.2) is 25.8 Å². The van der Waals surface area contributed by atoms with E-state index in [0.29, 0.717) is 18.0 Å². The van der Waals surface area contributed by atoms with Crippen LogP contribution in [0.2, 0.25) is 0 Å². The fourth-order valence-electron chi connectivity index (χ4n) is 2.05. The number of ether oxygens (including phenoxy) is 1. The van der Waals surface area contributed by atoms with Crippen LogP contribution in [0.15, 0.2) is 48.5 Å². The predicted octanol–water partition coefficient (Wildman–Crippen LogP) is 3.74. The molecule has 2 aromatic rings. The zero-order chi connectivity index (χ0) is 18.2. The second-order valence-corrected chi connectivity index (χ2v) is 5.24. The third-order valence-electron chi connectivity index (χ3n) is 3.42.